The fourth-order valence-corrected chi connectivity index (χ4v) is 2.40. The Morgan fingerprint density at radius 2 is 1.83 bits per heavy atom. The maximum atomic E-state index is 13.0. The van der Waals surface area contributed by atoms with Crippen LogP contribution in [-0.4, -0.2) is 0 Å². The van der Waals surface area contributed by atoms with E-state index in [9.17, 15) is 8.78 Å². The Kier molecular flexibility index (Phi) is 4.40. The highest BCUT2D eigenvalue weighted by molar-refractivity contribution is 14.1. The number of halogens is 4. The summed E-state index contributed by atoms with van der Waals surface area (Å²) in [7, 11) is 0. The molecule has 1 nitrogen and oxygen atoms in total. The zero-order valence-corrected chi connectivity index (χ0v) is 12.1. The highest BCUT2D eigenvalue weighted by Crippen LogP contribution is 2.24. The highest BCUT2D eigenvalue weighted by Gasteiger charge is 2.04. The minimum absolute atomic E-state index is 0.386. The van der Waals surface area contributed by atoms with E-state index in [1.807, 2.05) is 18.2 Å². The lowest BCUT2D eigenvalue weighted by molar-refractivity contribution is 0.507. The number of nitrogens with one attached hydrogen (secondary N) is 1. The largest absolute Gasteiger partial charge is 0.380 e. The van der Waals surface area contributed by atoms with Gasteiger partial charge in [-0.2, -0.15) is 0 Å². The number of benzene rings is 2. The molecule has 0 bridgehead atoms. The predicted octanol–water partition coefficient (Wildman–Crippen LogP) is 4.83. The summed E-state index contributed by atoms with van der Waals surface area (Å²) in [5.41, 5.74) is 1.42. The standard InChI is InChI=1S/C13H9ClF2IN/c14-10-6-9(17)2-4-13(10)18-7-8-1-3-11(15)12(16)5-8/h1-6,18H,7H2. The van der Waals surface area contributed by atoms with Gasteiger partial charge in [-0.05, 0) is 58.5 Å². The van der Waals surface area contributed by atoms with Gasteiger partial charge in [0.1, 0.15) is 0 Å². The van der Waals surface area contributed by atoms with Crippen molar-refractivity contribution in [2.75, 3.05) is 5.32 Å². The van der Waals surface area contributed by atoms with Crippen molar-refractivity contribution >= 4 is 39.9 Å². The first kappa shape index (κ1) is 13.5. The molecule has 2 rings (SSSR count). The third-order valence-electron chi connectivity index (χ3n) is 2.40. The van der Waals surface area contributed by atoms with Crippen LogP contribution in [0.15, 0.2) is 36.4 Å². The second-order valence-corrected chi connectivity index (χ2v) is 5.38. The smallest absolute Gasteiger partial charge is 0.159 e. The topological polar surface area (TPSA) is 12.0 Å². The molecular formula is C13H9ClF2IN. The predicted molar refractivity (Wildman–Crippen MR) is 77.9 cm³/mol. The van der Waals surface area contributed by atoms with E-state index in [1.165, 1.54) is 12.1 Å². The van der Waals surface area contributed by atoms with Crippen LogP contribution >= 0.6 is 34.2 Å². The Balaban J connectivity index is 2.09. The minimum Gasteiger partial charge on any atom is -0.380 e. The van der Waals surface area contributed by atoms with Gasteiger partial charge in [0.25, 0.3) is 0 Å². The molecule has 0 saturated carbocycles. The normalized spacial score (nSPS) is 10.4. The van der Waals surface area contributed by atoms with Crippen LogP contribution < -0.4 is 5.32 Å². The summed E-state index contributed by atoms with van der Waals surface area (Å²) in [6, 6.07) is 9.41. The van der Waals surface area contributed by atoms with E-state index < -0.39 is 11.6 Å². The molecule has 0 aliphatic carbocycles. The highest BCUT2D eigenvalue weighted by atomic mass is 127. The number of hydrogen-bond acceptors (Lipinski definition) is 1. The summed E-state index contributed by atoms with van der Waals surface area (Å²) in [5, 5.41) is 3.68. The van der Waals surface area contributed by atoms with Crippen LogP contribution in [0.2, 0.25) is 5.02 Å². The molecule has 0 fully saturated rings. The average Bonchev–Trinajstić information content (AvgIpc) is 2.32. The third kappa shape index (κ3) is 3.32. The summed E-state index contributed by atoms with van der Waals surface area (Å²) in [4.78, 5) is 0. The van der Waals surface area contributed by atoms with Gasteiger partial charge >= 0.3 is 0 Å². The van der Waals surface area contributed by atoms with Crippen molar-refractivity contribution in [1.82, 2.24) is 0 Å². The zero-order chi connectivity index (χ0) is 13.1. The molecule has 5 heteroatoms. The molecule has 0 aliphatic heterocycles. The van der Waals surface area contributed by atoms with E-state index in [0.717, 1.165) is 15.3 Å². The maximum absolute atomic E-state index is 13.0. The molecule has 0 spiro atoms. The van der Waals surface area contributed by atoms with Crippen LogP contribution in [0.4, 0.5) is 14.5 Å². The van der Waals surface area contributed by atoms with E-state index in [1.54, 1.807) is 0 Å². The molecule has 94 valence electrons. The third-order valence-corrected chi connectivity index (χ3v) is 3.38. The van der Waals surface area contributed by atoms with Crippen molar-refractivity contribution in [2.24, 2.45) is 0 Å². The first-order valence-corrected chi connectivity index (χ1v) is 6.65. The van der Waals surface area contributed by atoms with E-state index >= 15 is 0 Å². The van der Waals surface area contributed by atoms with Crippen molar-refractivity contribution in [3.63, 3.8) is 0 Å². The zero-order valence-electron chi connectivity index (χ0n) is 9.18. The van der Waals surface area contributed by atoms with Gasteiger partial charge in [0.15, 0.2) is 11.6 Å². The number of rotatable bonds is 3. The van der Waals surface area contributed by atoms with Crippen LogP contribution in [0.25, 0.3) is 0 Å². The summed E-state index contributed by atoms with van der Waals surface area (Å²) in [6.07, 6.45) is 0. The van der Waals surface area contributed by atoms with Crippen molar-refractivity contribution in [3.8, 4) is 0 Å². The van der Waals surface area contributed by atoms with Gasteiger partial charge in [-0.15, -0.1) is 0 Å². The van der Waals surface area contributed by atoms with E-state index in [4.69, 9.17) is 11.6 Å². The van der Waals surface area contributed by atoms with Crippen LogP contribution in [0.3, 0.4) is 0 Å². The van der Waals surface area contributed by atoms with E-state index in [2.05, 4.69) is 27.9 Å². The Labute approximate surface area is 122 Å². The van der Waals surface area contributed by atoms with Crippen molar-refractivity contribution in [3.05, 3.63) is 62.2 Å². The van der Waals surface area contributed by atoms with Gasteiger partial charge in [-0.25, -0.2) is 8.78 Å². The molecule has 0 unspecified atom stereocenters. The SMILES string of the molecule is Fc1ccc(CNc2ccc(I)cc2Cl)cc1F. The average molecular weight is 380 g/mol. The van der Waals surface area contributed by atoms with Crippen LogP contribution in [0.5, 0.6) is 0 Å². The van der Waals surface area contributed by atoms with Gasteiger partial charge < -0.3 is 5.32 Å². The molecule has 0 atom stereocenters. The molecule has 2 aromatic carbocycles. The lowest BCUT2D eigenvalue weighted by atomic mass is 10.2. The molecule has 0 amide bonds. The summed E-state index contributed by atoms with van der Waals surface area (Å²) in [5.74, 6) is -1.69. The lowest BCUT2D eigenvalue weighted by Gasteiger charge is -2.09. The lowest BCUT2D eigenvalue weighted by Crippen LogP contribution is -2.01. The molecule has 0 radical (unpaired) electrons. The summed E-state index contributed by atoms with van der Waals surface area (Å²) >= 11 is 8.22. The second kappa shape index (κ2) is 5.84. The second-order valence-electron chi connectivity index (χ2n) is 3.73. The van der Waals surface area contributed by atoms with Gasteiger partial charge in [-0.3, -0.25) is 0 Å². The van der Waals surface area contributed by atoms with E-state index in [-0.39, 0.29) is 0 Å². The molecular weight excluding hydrogens is 371 g/mol. The maximum Gasteiger partial charge on any atom is 0.159 e. The molecule has 0 aliphatic rings. The fraction of sp³-hybridized carbons (Fsp3) is 0.0769. The summed E-state index contributed by atoms with van der Waals surface area (Å²) in [6.45, 7) is 0.386. The summed E-state index contributed by atoms with van der Waals surface area (Å²) < 4.78 is 26.8. The van der Waals surface area contributed by atoms with E-state index in [0.29, 0.717) is 17.1 Å². The first-order chi connectivity index (χ1) is 8.56. The Morgan fingerprint density at radius 3 is 2.50 bits per heavy atom. The monoisotopic (exact) mass is 379 g/mol. The van der Waals surface area contributed by atoms with Gasteiger partial charge in [-0.1, -0.05) is 17.7 Å². The Morgan fingerprint density at radius 1 is 1.06 bits per heavy atom. The fourth-order valence-electron chi connectivity index (χ4n) is 1.48. The first-order valence-electron chi connectivity index (χ1n) is 5.19. The molecule has 18 heavy (non-hydrogen) atoms. The van der Waals surface area contributed by atoms with Crippen LogP contribution in [-0.2, 0) is 6.54 Å². The van der Waals surface area contributed by atoms with Crippen LogP contribution in [0, 0.1) is 15.2 Å². The van der Waals surface area contributed by atoms with Crippen molar-refractivity contribution in [1.29, 1.82) is 0 Å². The molecule has 0 heterocycles. The van der Waals surface area contributed by atoms with Crippen LogP contribution in [0.1, 0.15) is 5.56 Å². The van der Waals surface area contributed by atoms with Gasteiger partial charge in [0, 0.05) is 10.1 Å². The Hall–Kier alpha value is -0.880. The minimum atomic E-state index is -0.844. The van der Waals surface area contributed by atoms with Gasteiger partial charge in [0.05, 0.1) is 10.7 Å². The molecule has 0 saturated heterocycles. The molecule has 0 aromatic heterocycles. The van der Waals surface area contributed by atoms with Crippen molar-refractivity contribution < 1.29 is 8.78 Å². The molecule has 1 N–H and O–H groups in total. The number of anilines is 1. The number of hydrogen-bond donors (Lipinski definition) is 1. The quantitative estimate of drug-likeness (QED) is 0.753. The molecule has 2 aromatic rings. The van der Waals surface area contributed by atoms with Crippen molar-refractivity contribution in [2.45, 2.75) is 6.54 Å². The Bertz CT molecular complexity index is 575. The van der Waals surface area contributed by atoms with Gasteiger partial charge in [0.2, 0.25) is 0 Å².